The monoisotopic (exact) mass is 207 g/mol. The van der Waals surface area contributed by atoms with Gasteiger partial charge < -0.3 is 5.73 Å². The minimum Gasteiger partial charge on any atom is -0.325 e. The van der Waals surface area contributed by atoms with E-state index in [1.807, 2.05) is 16.9 Å². The lowest BCUT2D eigenvalue weighted by Gasteiger charge is -2.05. The number of nitrogens with two attached hydrogens (primary N) is 1. The Balaban J connectivity index is 1.81. The molecular formula is C10H13N3S. The fourth-order valence-electron chi connectivity index (χ4n) is 1.74. The van der Waals surface area contributed by atoms with Crippen LogP contribution >= 0.6 is 11.3 Å². The Hall–Kier alpha value is -0.870. The third-order valence-electron chi connectivity index (χ3n) is 2.99. The highest BCUT2D eigenvalue weighted by Gasteiger charge is 2.37. The zero-order valence-corrected chi connectivity index (χ0v) is 8.76. The molecule has 3 nitrogen and oxygen atoms in total. The predicted molar refractivity (Wildman–Crippen MR) is 57.5 cm³/mol. The van der Waals surface area contributed by atoms with Crippen molar-refractivity contribution in [3.05, 3.63) is 23.3 Å². The Labute approximate surface area is 86.5 Å². The van der Waals surface area contributed by atoms with Gasteiger partial charge in [0, 0.05) is 22.7 Å². The van der Waals surface area contributed by atoms with Crippen molar-refractivity contribution in [2.45, 2.75) is 31.2 Å². The summed E-state index contributed by atoms with van der Waals surface area (Å²) in [4.78, 5) is 1.27. The number of hydrogen-bond donors (Lipinski definition) is 1. The van der Waals surface area contributed by atoms with Gasteiger partial charge in [0.1, 0.15) is 4.83 Å². The molecule has 0 aliphatic heterocycles. The average molecular weight is 207 g/mol. The molecule has 0 atom stereocenters. The van der Waals surface area contributed by atoms with Crippen LogP contribution in [0.25, 0.3) is 4.83 Å². The Morgan fingerprint density at radius 1 is 1.57 bits per heavy atom. The Morgan fingerprint density at radius 2 is 2.43 bits per heavy atom. The first-order chi connectivity index (χ1) is 6.77. The summed E-state index contributed by atoms with van der Waals surface area (Å²) in [5, 5.41) is 6.36. The molecule has 0 unspecified atom stereocenters. The van der Waals surface area contributed by atoms with Crippen LogP contribution in [0.3, 0.4) is 0 Å². The fourth-order valence-corrected chi connectivity index (χ4v) is 2.57. The van der Waals surface area contributed by atoms with Crippen LogP contribution < -0.4 is 5.73 Å². The van der Waals surface area contributed by atoms with Gasteiger partial charge in [-0.2, -0.15) is 5.10 Å². The van der Waals surface area contributed by atoms with Crippen LogP contribution in [0.5, 0.6) is 0 Å². The van der Waals surface area contributed by atoms with Gasteiger partial charge in [0.15, 0.2) is 0 Å². The summed E-state index contributed by atoms with van der Waals surface area (Å²) >= 11 is 1.75. The predicted octanol–water partition coefficient (Wildman–Crippen LogP) is 1.82. The summed E-state index contributed by atoms with van der Waals surface area (Å²) in [5.74, 6) is 0. The topological polar surface area (TPSA) is 43.3 Å². The Morgan fingerprint density at radius 3 is 3.21 bits per heavy atom. The molecule has 0 aromatic carbocycles. The van der Waals surface area contributed by atoms with E-state index in [4.69, 9.17) is 5.73 Å². The van der Waals surface area contributed by atoms with E-state index in [1.54, 1.807) is 11.3 Å². The van der Waals surface area contributed by atoms with Crippen molar-refractivity contribution in [1.82, 2.24) is 9.61 Å². The maximum absolute atomic E-state index is 6.06. The van der Waals surface area contributed by atoms with Gasteiger partial charge in [-0.1, -0.05) is 0 Å². The number of aromatic nitrogens is 2. The van der Waals surface area contributed by atoms with E-state index in [1.165, 1.54) is 23.2 Å². The first kappa shape index (κ1) is 8.44. The quantitative estimate of drug-likeness (QED) is 0.834. The zero-order chi connectivity index (χ0) is 9.60. The molecule has 4 heteroatoms. The third kappa shape index (κ3) is 1.35. The van der Waals surface area contributed by atoms with Gasteiger partial charge in [-0.25, -0.2) is 4.52 Å². The standard InChI is InChI=1S/C10H13N3S/c11-10(3-4-10)2-1-8-7-12-13-5-6-14-9(8)13/h5-7H,1-4,11H2. The van der Waals surface area contributed by atoms with Gasteiger partial charge in [-0.15, -0.1) is 11.3 Å². The molecule has 3 rings (SSSR count). The number of hydrogen-bond acceptors (Lipinski definition) is 3. The highest BCUT2D eigenvalue weighted by molar-refractivity contribution is 7.15. The van der Waals surface area contributed by atoms with Gasteiger partial charge in [0.05, 0.1) is 6.20 Å². The molecule has 0 amide bonds. The highest BCUT2D eigenvalue weighted by Crippen LogP contribution is 2.37. The maximum Gasteiger partial charge on any atom is 0.122 e. The third-order valence-corrected chi connectivity index (χ3v) is 3.92. The fraction of sp³-hybridized carbons (Fsp3) is 0.500. The minimum absolute atomic E-state index is 0.158. The molecule has 0 spiro atoms. The van der Waals surface area contributed by atoms with Crippen molar-refractivity contribution in [1.29, 1.82) is 0 Å². The summed E-state index contributed by atoms with van der Waals surface area (Å²) in [6.45, 7) is 0. The van der Waals surface area contributed by atoms with Crippen molar-refractivity contribution >= 4 is 16.2 Å². The lowest BCUT2D eigenvalue weighted by Crippen LogP contribution is -2.21. The second kappa shape index (κ2) is 2.81. The summed E-state index contributed by atoms with van der Waals surface area (Å²) in [6.07, 6.45) is 8.53. The first-order valence-corrected chi connectivity index (χ1v) is 5.83. The molecular weight excluding hydrogens is 194 g/mol. The normalized spacial score (nSPS) is 18.9. The van der Waals surface area contributed by atoms with Gasteiger partial charge in [-0.05, 0) is 25.7 Å². The zero-order valence-electron chi connectivity index (χ0n) is 7.94. The molecule has 0 radical (unpaired) electrons. The van der Waals surface area contributed by atoms with E-state index < -0.39 is 0 Å². The van der Waals surface area contributed by atoms with Crippen LogP contribution in [0.2, 0.25) is 0 Å². The van der Waals surface area contributed by atoms with Crippen molar-refractivity contribution < 1.29 is 0 Å². The van der Waals surface area contributed by atoms with Gasteiger partial charge in [-0.3, -0.25) is 0 Å². The molecule has 1 aliphatic rings. The van der Waals surface area contributed by atoms with Crippen LogP contribution in [0.1, 0.15) is 24.8 Å². The lowest BCUT2D eigenvalue weighted by atomic mass is 10.1. The summed E-state index contributed by atoms with van der Waals surface area (Å²) in [7, 11) is 0. The van der Waals surface area contributed by atoms with E-state index in [0.717, 1.165) is 12.8 Å². The van der Waals surface area contributed by atoms with E-state index in [9.17, 15) is 0 Å². The number of thiazole rings is 1. The van der Waals surface area contributed by atoms with Crippen LogP contribution in [0.15, 0.2) is 17.8 Å². The molecule has 2 aromatic heterocycles. The second-order valence-electron chi connectivity index (χ2n) is 4.18. The van der Waals surface area contributed by atoms with Crippen molar-refractivity contribution in [2.75, 3.05) is 0 Å². The molecule has 2 heterocycles. The van der Waals surface area contributed by atoms with E-state index >= 15 is 0 Å². The minimum atomic E-state index is 0.158. The van der Waals surface area contributed by atoms with Crippen molar-refractivity contribution in [2.24, 2.45) is 5.73 Å². The molecule has 0 saturated heterocycles. The smallest absolute Gasteiger partial charge is 0.122 e. The van der Waals surface area contributed by atoms with Gasteiger partial charge in [0.25, 0.3) is 0 Å². The molecule has 0 bridgehead atoms. The molecule has 2 N–H and O–H groups in total. The molecule has 74 valence electrons. The van der Waals surface area contributed by atoms with Crippen molar-refractivity contribution in [3.8, 4) is 0 Å². The van der Waals surface area contributed by atoms with Crippen LogP contribution in [0.4, 0.5) is 0 Å². The molecule has 1 saturated carbocycles. The molecule has 14 heavy (non-hydrogen) atoms. The van der Waals surface area contributed by atoms with E-state index in [2.05, 4.69) is 10.5 Å². The van der Waals surface area contributed by atoms with Crippen LogP contribution in [-0.4, -0.2) is 15.2 Å². The lowest BCUT2D eigenvalue weighted by molar-refractivity contribution is 0.611. The first-order valence-electron chi connectivity index (χ1n) is 4.95. The van der Waals surface area contributed by atoms with E-state index in [-0.39, 0.29) is 5.54 Å². The Bertz CT molecular complexity index is 453. The largest absolute Gasteiger partial charge is 0.325 e. The van der Waals surface area contributed by atoms with Crippen LogP contribution in [-0.2, 0) is 6.42 Å². The average Bonchev–Trinajstić information content (AvgIpc) is 2.65. The number of nitrogens with zero attached hydrogens (tertiary/aromatic N) is 2. The highest BCUT2D eigenvalue weighted by atomic mass is 32.1. The summed E-state index contributed by atoms with van der Waals surface area (Å²) in [6, 6.07) is 0. The van der Waals surface area contributed by atoms with Gasteiger partial charge in [0.2, 0.25) is 0 Å². The molecule has 1 aliphatic carbocycles. The SMILES string of the molecule is NC1(CCc2cnn3ccsc23)CC1. The maximum atomic E-state index is 6.06. The van der Waals surface area contributed by atoms with Crippen molar-refractivity contribution in [3.63, 3.8) is 0 Å². The number of rotatable bonds is 3. The number of aryl methyl sites for hydroxylation is 1. The Kier molecular flexibility index (Phi) is 1.69. The summed E-state index contributed by atoms with van der Waals surface area (Å²) < 4.78 is 1.94. The van der Waals surface area contributed by atoms with Gasteiger partial charge >= 0.3 is 0 Å². The second-order valence-corrected chi connectivity index (χ2v) is 5.08. The molecule has 1 fully saturated rings. The van der Waals surface area contributed by atoms with Crippen LogP contribution in [0, 0.1) is 0 Å². The number of fused-ring (bicyclic) bond motifs is 1. The molecule has 2 aromatic rings. The summed E-state index contributed by atoms with van der Waals surface area (Å²) in [5.41, 5.74) is 7.56. The van der Waals surface area contributed by atoms with E-state index in [0.29, 0.717) is 0 Å².